The SMILES string of the molecule is CC(C)Cn1nccc1CCC#N. The molecule has 1 aromatic heterocycles. The molecule has 0 saturated heterocycles. The van der Waals surface area contributed by atoms with Crippen LogP contribution in [0.3, 0.4) is 0 Å². The van der Waals surface area contributed by atoms with E-state index in [9.17, 15) is 0 Å². The molecule has 0 saturated carbocycles. The van der Waals surface area contributed by atoms with Crippen LogP contribution in [0.1, 0.15) is 26.0 Å². The molecule has 3 nitrogen and oxygen atoms in total. The molecular formula is C10H15N3. The summed E-state index contributed by atoms with van der Waals surface area (Å²) in [6.07, 6.45) is 3.18. The summed E-state index contributed by atoms with van der Waals surface area (Å²) < 4.78 is 1.99. The van der Waals surface area contributed by atoms with Crippen LogP contribution in [-0.2, 0) is 13.0 Å². The van der Waals surface area contributed by atoms with Crippen LogP contribution in [0.5, 0.6) is 0 Å². The molecular weight excluding hydrogens is 162 g/mol. The Morgan fingerprint density at radius 1 is 1.62 bits per heavy atom. The Kier molecular flexibility index (Phi) is 3.51. The normalized spacial score (nSPS) is 10.3. The van der Waals surface area contributed by atoms with Gasteiger partial charge < -0.3 is 0 Å². The summed E-state index contributed by atoms with van der Waals surface area (Å²) in [5.41, 5.74) is 1.16. The molecule has 0 spiro atoms. The van der Waals surface area contributed by atoms with Crippen molar-refractivity contribution in [3.8, 4) is 6.07 Å². The van der Waals surface area contributed by atoms with Gasteiger partial charge in [0.1, 0.15) is 0 Å². The molecule has 1 rings (SSSR count). The Labute approximate surface area is 79.0 Å². The molecule has 0 fully saturated rings. The highest BCUT2D eigenvalue weighted by molar-refractivity contribution is 5.02. The molecule has 0 amide bonds. The number of hydrogen-bond donors (Lipinski definition) is 0. The molecule has 0 aliphatic carbocycles. The molecule has 1 aromatic rings. The largest absolute Gasteiger partial charge is 0.269 e. The van der Waals surface area contributed by atoms with Crippen LogP contribution >= 0.6 is 0 Å². The van der Waals surface area contributed by atoms with E-state index in [1.165, 1.54) is 0 Å². The second-order valence-electron chi connectivity index (χ2n) is 3.56. The minimum absolute atomic E-state index is 0.573. The van der Waals surface area contributed by atoms with Crippen molar-refractivity contribution in [3.63, 3.8) is 0 Å². The van der Waals surface area contributed by atoms with E-state index in [1.54, 1.807) is 6.20 Å². The third-order valence-electron chi connectivity index (χ3n) is 1.84. The zero-order valence-electron chi connectivity index (χ0n) is 8.20. The van der Waals surface area contributed by atoms with Gasteiger partial charge in [-0.25, -0.2) is 0 Å². The van der Waals surface area contributed by atoms with Gasteiger partial charge in [0.2, 0.25) is 0 Å². The van der Waals surface area contributed by atoms with Crippen molar-refractivity contribution in [1.82, 2.24) is 9.78 Å². The van der Waals surface area contributed by atoms with Gasteiger partial charge >= 0.3 is 0 Å². The average molecular weight is 177 g/mol. The predicted molar refractivity (Wildman–Crippen MR) is 51.0 cm³/mol. The van der Waals surface area contributed by atoms with Gasteiger partial charge in [-0.1, -0.05) is 13.8 Å². The Morgan fingerprint density at radius 3 is 3.00 bits per heavy atom. The van der Waals surface area contributed by atoms with Crippen molar-refractivity contribution in [2.75, 3.05) is 0 Å². The van der Waals surface area contributed by atoms with E-state index in [1.807, 2.05) is 10.7 Å². The van der Waals surface area contributed by atoms with Crippen LogP contribution in [0.4, 0.5) is 0 Å². The van der Waals surface area contributed by atoms with Crippen LogP contribution < -0.4 is 0 Å². The van der Waals surface area contributed by atoms with E-state index >= 15 is 0 Å². The summed E-state index contributed by atoms with van der Waals surface area (Å²) in [5, 5.41) is 12.7. The molecule has 0 aromatic carbocycles. The van der Waals surface area contributed by atoms with Gasteiger partial charge in [0.25, 0.3) is 0 Å². The molecule has 13 heavy (non-hydrogen) atoms. The first-order valence-corrected chi connectivity index (χ1v) is 4.61. The number of rotatable bonds is 4. The molecule has 0 bridgehead atoms. The lowest BCUT2D eigenvalue weighted by molar-refractivity contribution is 0.468. The van der Waals surface area contributed by atoms with E-state index < -0.39 is 0 Å². The van der Waals surface area contributed by atoms with Crippen LogP contribution in [-0.4, -0.2) is 9.78 Å². The first kappa shape index (κ1) is 9.79. The lowest BCUT2D eigenvalue weighted by Crippen LogP contribution is -2.09. The van der Waals surface area contributed by atoms with Gasteiger partial charge in [0.05, 0.1) is 6.07 Å². The van der Waals surface area contributed by atoms with Gasteiger partial charge in [-0.2, -0.15) is 10.4 Å². The predicted octanol–water partition coefficient (Wildman–Crippen LogP) is 2.00. The van der Waals surface area contributed by atoms with Crippen molar-refractivity contribution >= 4 is 0 Å². The zero-order chi connectivity index (χ0) is 9.68. The van der Waals surface area contributed by atoms with E-state index in [4.69, 9.17) is 5.26 Å². The number of nitriles is 1. The minimum Gasteiger partial charge on any atom is -0.269 e. The molecule has 70 valence electrons. The first-order chi connectivity index (χ1) is 6.24. The Morgan fingerprint density at radius 2 is 2.38 bits per heavy atom. The quantitative estimate of drug-likeness (QED) is 0.705. The highest BCUT2D eigenvalue weighted by Gasteiger charge is 2.03. The van der Waals surface area contributed by atoms with Gasteiger partial charge in [-0.3, -0.25) is 4.68 Å². The van der Waals surface area contributed by atoms with Crippen molar-refractivity contribution < 1.29 is 0 Å². The third-order valence-corrected chi connectivity index (χ3v) is 1.84. The van der Waals surface area contributed by atoms with Crippen molar-refractivity contribution in [2.45, 2.75) is 33.2 Å². The third kappa shape index (κ3) is 2.90. The second kappa shape index (κ2) is 4.66. The number of hydrogen-bond acceptors (Lipinski definition) is 2. The number of aryl methyl sites for hydroxylation is 1. The Hall–Kier alpha value is -1.30. The smallest absolute Gasteiger partial charge is 0.0625 e. The molecule has 0 unspecified atom stereocenters. The molecule has 3 heteroatoms. The van der Waals surface area contributed by atoms with Crippen molar-refractivity contribution in [3.05, 3.63) is 18.0 Å². The Bertz CT molecular complexity index is 293. The highest BCUT2D eigenvalue weighted by atomic mass is 15.3. The fraction of sp³-hybridized carbons (Fsp3) is 0.600. The van der Waals surface area contributed by atoms with E-state index in [0.717, 1.165) is 18.7 Å². The molecule has 0 radical (unpaired) electrons. The molecule has 0 atom stereocenters. The van der Waals surface area contributed by atoms with Crippen LogP contribution in [0.2, 0.25) is 0 Å². The minimum atomic E-state index is 0.573. The average Bonchev–Trinajstić information content (AvgIpc) is 2.48. The van der Waals surface area contributed by atoms with E-state index in [2.05, 4.69) is 25.0 Å². The second-order valence-corrected chi connectivity index (χ2v) is 3.56. The topological polar surface area (TPSA) is 41.6 Å². The van der Waals surface area contributed by atoms with Crippen LogP contribution in [0.25, 0.3) is 0 Å². The lowest BCUT2D eigenvalue weighted by Gasteiger charge is -2.08. The van der Waals surface area contributed by atoms with Crippen molar-refractivity contribution in [2.24, 2.45) is 5.92 Å². The van der Waals surface area contributed by atoms with Gasteiger partial charge in [-0.15, -0.1) is 0 Å². The number of aromatic nitrogens is 2. The maximum atomic E-state index is 8.46. The maximum absolute atomic E-state index is 8.46. The number of nitrogens with zero attached hydrogens (tertiary/aromatic N) is 3. The zero-order valence-corrected chi connectivity index (χ0v) is 8.20. The fourth-order valence-electron chi connectivity index (χ4n) is 1.27. The Balaban J connectivity index is 2.61. The highest BCUT2D eigenvalue weighted by Crippen LogP contribution is 2.05. The monoisotopic (exact) mass is 177 g/mol. The maximum Gasteiger partial charge on any atom is 0.0625 e. The van der Waals surface area contributed by atoms with Gasteiger partial charge in [-0.05, 0) is 12.0 Å². The van der Waals surface area contributed by atoms with E-state index in [-0.39, 0.29) is 0 Å². The fourth-order valence-corrected chi connectivity index (χ4v) is 1.27. The van der Waals surface area contributed by atoms with Crippen LogP contribution in [0.15, 0.2) is 12.3 Å². The summed E-state index contributed by atoms with van der Waals surface area (Å²) in [4.78, 5) is 0. The van der Waals surface area contributed by atoms with Crippen LogP contribution in [0, 0.1) is 17.2 Å². The summed E-state index contributed by atoms with van der Waals surface area (Å²) in [5.74, 6) is 0.598. The standard InChI is InChI=1S/C10H15N3/c1-9(2)8-13-10(4-3-6-11)5-7-12-13/h5,7,9H,3-4,8H2,1-2H3. The lowest BCUT2D eigenvalue weighted by atomic mass is 10.2. The molecule has 0 aliphatic heterocycles. The molecule has 0 aliphatic rings. The van der Waals surface area contributed by atoms with Crippen molar-refractivity contribution in [1.29, 1.82) is 5.26 Å². The van der Waals surface area contributed by atoms with Gasteiger partial charge in [0.15, 0.2) is 0 Å². The molecule has 1 heterocycles. The summed E-state index contributed by atoms with van der Waals surface area (Å²) >= 11 is 0. The van der Waals surface area contributed by atoms with Gasteiger partial charge in [0, 0.05) is 31.3 Å². The molecule has 0 N–H and O–H groups in total. The summed E-state index contributed by atoms with van der Waals surface area (Å²) in [6, 6.07) is 4.13. The summed E-state index contributed by atoms with van der Waals surface area (Å²) in [7, 11) is 0. The van der Waals surface area contributed by atoms with E-state index in [0.29, 0.717) is 12.3 Å². The summed E-state index contributed by atoms with van der Waals surface area (Å²) in [6.45, 7) is 5.26. The first-order valence-electron chi connectivity index (χ1n) is 4.61.